The molecule has 33 heavy (non-hydrogen) atoms. The number of amides is 1. The number of aromatic carboxylic acids is 1. The van der Waals surface area contributed by atoms with Crippen molar-refractivity contribution in [2.24, 2.45) is 7.05 Å². The van der Waals surface area contributed by atoms with Crippen LogP contribution >= 0.6 is 0 Å². The molecule has 2 saturated heterocycles. The van der Waals surface area contributed by atoms with E-state index in [-0.39, 0.29) is 11.5 Å². The molecule has 1 aromatic carbocycles. The summed E-state index contributed by atoms with van der Waals surface area (Å²) in [5.41, 5.74) is 1.51. The largest absolute Gasteiger partial charge is 0.480 e. The van der Waals surface area contributed by atoms with Crippen LogP contribution in [0.4, 0.5) is 0 Å². The third-order valence-corrected chi connectivity index (χ3v) is 6.78. The van der Waals surface area contributed by atoms with E-state index in [1.807, 2.05) is 9.80 Å². The Morgan fingerprint density at radius 1 is 0.939 bits per heavy atom. The number of aryl methyl sites for hydroxylation is 1. The van der Waals surface area contributed by atoms with Crippen molar-refractivity contribution in [2.75, 3.05) is 66.0 Å². The molecule has 1 amide bonds. The molecular formula is C23H31N5O5. The normalized spacial score (nSPS) is 19.6. The van der Waals surface area contributed by atoms with E-state index in [1.54, 1.807) is 29.9 Å². The summed E-state index contributed by atoms with van der Waals surface area (Å²) >= 11 is 0. The molecule has 2 fully saturated rings. The Bertz CT molecular complexity index is 1050. The number of carbonyl (C=O) groups excluding carboxylic acids is 1. The minimum Gasteiger partial charge on any atom is -0.480 e. The van der Waals surface area contributed by atoms with Crippen molar-refractivity contribution in [1.29, 1.82) is 0 Å². The van der Waals surface area contributed by atoms with Crippen LogP contribution in [0, 0.1) is 0 Å². The summed E-state index contributed by atoms with van der Waals surface area (Å²) in [5, 5.41) is 20.1. The minimum absolute atomic E-state index is 0.134. The molecule has 2 aromatic rings. The standard InChI is InChI=1S/C23H31N5O5/c1-24-5-9-27(10-6-24)20(29)15-26-7-11-28(12-8-26)21(23(32)33)18-14-25(2)19-13-16(22(30)31)3-4-17(18)19/h3-4,13-14,21H,5-12,15H2,1-2H3,(H,30,31)(H,32,33)/t21-/m0/s1. The van der Waals surface area contributed by atoms with Crippen LogP contribution in [0.5, 0.6) is 0 Å². The Morgan fingerprint density at radius 2 is 1.61 bits per heavy atom. The Balaban J connectivity index is 1.44. The van der Waals surface area contributed by atoms with Crippen LogP contribution in [0.15, 0.2) is 24.4 Å². The van der Waals surface area contributed by atoms with Crippen molar-refractivity contribution in [3.05, 3.63) is 35.5 Å². The summed E-state index contributed by atoms with van der Waals surface area (Å²) in [5.74, 6) is -1.82. The van der Waals surface area contributed by atoms with Gasteiger partial charge < -0.3 is 24.6 Å². The number of rotatable bonds is 6. The van der Waals surface area contributed by atoms with E-state index >= 15 is 0 Å². The first-order valence-electron chi connectivity index (χ1n) is 11.2. The molecule has 3 heterocycles. The van der Waals surface area contributed by atoms with Crippen molar-refractivity contribution in [3.63, 3.8) is 0 Å². The quantitative estimate of drug-likeness (QED) is 0.641. The van der Waals surface area contributed by atoms with E-state index in [1.165, 1.54) is 6.07 Å². The highest BCUT2D eigenvalue weighted by Crippen LogP contribution is 2.31. The second-order valence-electron chi connectivity index (χ2n) is 8.97. The molecule has 2 aliphatic rings. The molecular weight excluding hydrogens is 426 g/mol. The Hall–Kier alpha value is -2.95. The zero-order valence-corrected chi connectivity index (χ0v) is 19.1. The number of aromatic nitrogens is 1. The Labute approximate surface area is 192 Å². The molecule has 1 atom stereocenters. The highest BCUT2D eigenvalue weighted by Gasteiger charge is 2.33. The van der Waals surface area contributed by atoms with Gasteiger partial charge in [0.05, 0.1) is 12.1 Å². The summed E-state index contributed by atoms with van der Waals surface area (Å²) in [7, 11) is 3.85. The molecule has 4 rings (SSSR count). The summed E-state index contributed by atoms with van der Waals surface area (Å²) in [4.78, 5) is 44.4. The lowest BCUT2D eigenvalue weighted by Gasteiger charge is -2.39. The molecule has 1 aromatic heterocycles. The van der Waals surface area contributed by atoms with E-state index in [4.69, 9.17) is 0 Å². The number of piperazine rings is 2. The fourth-order valence-corrected chi connectivity index (χ4v) is 4.78. The molecule has 0 radical (unpaired) electrons. The van der Waals surface area contributed by atoms with Crippen molar-refractivity contribution >= 4 is 28.7 Å². The van der Waals surface area contributed by atoms with Gasteiger partial charge in [0.25, 0.3) is 0 Å². The van der Waals surface area contributed by atoms with Gasteiger partial charge in [0.15, 0.2) is 0 Å². The van der Waals surface area contributed by atoms with E-state index in [9.17, 15) is 24.6 Å². The van der Waals surface area contributed by atoms with E-state index in [2.05, 4.69) is 16.8 Å². The van der Waals surface area contributed by atoms with Crippen molar-refractivity contribution in [2.45, 2.75) is 6.04 Å². The van der Waals surface area contributed by atoms with Crippen LogP contribution in [-0.4, -0.2) is 118 Å². The second-order valence-corrected chi connectivity index (χ2v) is 8.97. The number of likely N-dealkylation sites (N-methyl/N-ethyl adjacent to an activating group) is 1. The van der Waals surface area contributed by atoms with Crippen molar-refractivity contribution in [1.82, 2.24) is 24.2 Å². The molecule has 0 spiro atoms. The molecule has 0 saturated carbocycles. The molecule has 10 nitrogen and oxygen atoms in total. The van der Waals surface area contributed by atoms with Crippen LogP contribution in [-0.2, 0) is 16.6 Å². The van der Waals surface area contributed by atoms with Gasteiger partial charge in [0.1, 0.15) is 6.04 Å². The van der Waals surface area contributed by atoms with E-state index in [0.29, 0.717) is 43.8 Å². The number of aliphatic carboxylic acids is 1. The number of hydrogen-bond donors (Lipinski definition) is 2. The van der Waals surface area contributed by atoms with Gasteiger partial charge in [0, 0.05) is 82.1 Å². The number of benzene rings is 1. The van der Waals surface area contributed by atoms with Gasteiger partial charge in [0.2, 0.25) is 5.91 Å². The maximum atomic E-state index is 12.7. The highest BCUT2D eigenvalue weighted by molar-refractivity contribution is 5.96. The summed E-state index contributed by atoms with van der Waals surface area (Å²) in [6, 6.07) is 3.94. The fourth-order valence-electron chi connectivity index (χ4n) is 4.78. The van der Waals surface area contributed by atoms with Gasteiger partial charge >= 0.3 is 11.9 Å². The lowest BCUT2D eigenvalue weighted by Crippen LogP contribution is -2.54. The molecule has 10 heteroatoms. The van der Waals surface area contributed by atoms with Gasteiger partial charge in [-0.3, -0.25) is 19.4 Å². The first-order chi connectivity index (χ1) is 15.7. The van der Waals surface area contributed by atoms with Crippen LogP contribution in [0.25, 0.3) is 10.9 Å². The van der Waals surface area contributed by atoms with E-state index < -0.39 is 18.0 Å². The average Bonchev–Trinajstić information content (AvgIpc) is 3.10. The van der Waals surface area contributed by atoms with Crippen LogP contribution < -0.4 is 0 Å². The SMILES string of the molecule is CN1CCN(C(=O)CN2CCN([C@H](C(=O)O)c3cn(C)c4cc(C(=O)O)ccc34)CC2)CC1. The number of nitrogens with zero attached hydrogens (tertiary/aromatic N) is 5. The van der Waals surface area contributed by atoms with Gasteiger partial charge in [-0.25, -0.2) is 4.79 Å². The Kier molecular flexibility index (Phi) is 6.68. The molecule has 2 N–H and O–H groups in total. The number of carboxylic acids is 2. The average molecular weight is 458 g/mol. The summed E-state index contributed by atoms with van der Waals surface area (Å²) in [6.07, 6.45) is 1.78. The minimum atomic E-state index is -1.02. The third kappa shape index (κ3) is 4.87. The second kappa shape index (κ2) is 9.50. The summed E-state index contributed by atoms with van der Waals surface area (Å²) < 4.78 is 1.78. The predicted octanol–water partition coefficient (Wildman–Crippen LogP) is 0.394. The zero-order chi connectivity index (χ0) is 23.7. The number of carboxylic acid groups (broad SMARTS) is 2. The predicted molar refractivity (Wildman–Crippen MR) is 122 cm³/mol. The van der Waals surface area contributed by atoms with Crippen LogP contribution in [0.3, 0.4) is 0 Å². The van der Waals surface area contributed by atoms with E-state index in [0.717, 1.165) is 31.6 Å². The lowest BCUT2D eigenvalue weighted by atomic mass is 10.0. The maximum absolute atomic E-state index is 12.7. The van der Waals surface area contributed by atoms with Gasteiger partial charge in [-0.1, -0.05) is 6.07 Å². The first-order valence-corrected chi connectivity index (χ1v) is 11.2. The number of fused-ring (bicyclic) bond motifs is 1. The van der Waals surface area contributed by atoms with Gasteiger partial charge in [-0.05, 0) is 19.2 Å². The fraction of sp³-hybridized carbons (Fsp3) is 0.522. The first kappa shape index (κ1) is 23.2. The summed E-state index contributed by atoms with van der Waals surface area (Å²) in [6.45, 7) is 5.96. The number of hydrogen-bond acceptors (Lipinski definition) is 6. The third-order valence-electron chi connectivity index (χ3n) is 6.78. The lowest BCUT2D eigenvalue weighted by molar-refractivity contribution is -0.145. The number of carbonyl (C=O) groups is 3. The molecule has 0 bridgehead atoms. The molecule has 2 aliphatic heterocycles. The van der Waals surface area contributed by atoms with Gasteiger partial charge in [-0.15, -0.1) is 0 Å². The van der Waals surface area contributed by atoms with Crippen LogP contribution in [0.2, 0.25) is 0 Å². The Morgan fingerprint density at radius 3 is 2.21 bits per heavy atom. The monoisotopic (exact) mass is 457 g/mol. The smallest absolute Gasteiger partial charge is 0.335 e. The van der Waals surface area contributed by atoms with Crippen molar-refractivity contribution < 1.29 is 24.6 Å². The molecule has 178 valence electrons. The topological polar surface area (TPSA) is 110 Å². The molecule has 0 aliphatic carbocycles. The maximum Gasteiger partial charge on any atom is 0.335 e. The van der Waals surface area contributed by atoms with Gasteiger partial charge in [-0.2, -0.15) is 0 Å². The van der Waals surface area contributed by atoms with Crippen LogP contribution in [0.1, 0.15) is 22.0 Å². The zero-order valence-electron chi connectivity index (χ0n) is 19.1. The molecule has 0 unspecified atom stereocenters. The highest BCUT2D eigenvalue weighted by atomic mass is 16.4. The van der Waals surface area contributed by atoms with Crippen molar-refractivity contribution in [3.8, 4) is 0 Å².